The van der Waals surface area contributed by atoms with Gasteiger partial charge in [0.25, 0.3) is 0 Å². The van der Waals surface area contributed by atoms with Crippen LogP contribution >= 0.6 is 0 Å². The molecule has 0 amide bonds. The molecule has 0 aromatic carbocycles. The standard InChI is InChI=1S/C15H20N4O2/c16-11-5-6-12-14(15(20)21)17-13(19(12)9-11)10-18-7-3-1-2-4-8-18/h5-6,9H,1-4,7-8,10,16H2,(H,20,21). The Morgan fingerprint density at radius 2 is 1.95 bits per heavy atom. The van der Waals surface area contributed by atoms with Crippen molar-refractivity contribution in [2.45, 2.75) is 32.2 Å². The van der Waals surface area contributed by atoms with E-state index in [2.05, 4.69) is 9.88 Å². The Bertz CT molecular complexity index is 657. The molecule has 0 saturated carbocycles. The molecule has 0 radical (unpaired) electrons. The lowest BCUT2D eigenvalue weighted by atomic mass is 10.2. The molecule has 1 fully saturated rings. The van der Waals surface area contributed by atoms with E-state index >= 15 is 0 Å². The summed E-state index contributed by atoms with van der Waals surface area (Å²) in [6.45, 7) is 2.75. The van der Waals surface area contributed by atoms with Crippen molar-refractivity contribution in [3.05, 3.63) is 29.8 Å². The van der Waals surface area contributed by atoms with Crippen LogP contribution in [0.1, 0.15) is 42.0 Å². The smallest absolute Gasteiger partial charge is 0.356 e. The number of hydrogen-bond donors (Lipinski definition) is 2. The van der Waals surface area contributed by atoms with E-state index in [1.165, 1.54) is 25.7 Å². The van der Waals surface area contributed by atoms with E-state index in [0.717, 1.165) is 18.9 Å². The highest BCUT2D eigenvalue weighted by Gasteiger charge is 2.19. The fourth-order valence-corrected chi connectivity index (χ4v) is 2.93. The van der Waals surface area contributed by atoms with Crippen LogP contribution < -0.4 is 5.73 Å². The molecule has 3 rings (SSSR count). The maximum Gasteiger partial charge on any atom is 0.356 e. The molecule has 2 aromatic heterocycles. The number of rotatable bonds is 3. The average Bonchev–Trinajstić information content (AvgIpc) is 2.63. The number of pyridine rings is 1. The van der Waals surface area contributed by atoms with Crippen LogP contribution in [0.3, 0.4) is 0 Å². The number of nitrogens with two attached hydrogens (primary N) is 1. The van der Waals surface area contributed by atoms with E-state index in [1.54, 1.807) is 18.3 Å². The summed E-state index contributed by atoms with van der Waals surface area (Å²) in [5.41, 5.74) is 7.13. The summed E-state index contributed by atoms with van der Waals surface area (Å²) < 4.78 is 1.81. The molecule has 6 nitrogen and oxygen atoms in total. The average molecular weight is 288 g/mol. The van der Waals surface area contributed by atoms with E-state index in [-0.39, 0.29) is 5.69 Å². The Labute approximate surface area is 123 Å². The van der Waals surface area contributed by atoms with Gasteiger partial charge in [0.2, 0.25) is 0 Å². The first-order valence-electron chi connectivity index (χ1n) is 7.37. The van der Waals surface area contributed by atoms with Crippen molar-refractivity contribution >= 4 is 17.2 Å². The second-order valence-corrected chi connectivity index (χ2v) is 5.59. The van der Waals surface area contributed by atoms with E-state index in [9.17, 15) is 9.90 Å². The van der Waals surface area contributed by atoms with Gasteiger partial charge in [-0.2, -0.15) is 0 Å². The van der Waals surface area contributed by atoms with Crippen molar-refractivity contribution in [2.24, 2.45) is 0 Å². The molecule has 2 aromatic rings. The Morgan fingerprint density at radius 1 is 1.24 bits per heavy atom. The summed E-state index contributed by atoms with van der Waals surface area (Å²) in [4.78, 5) is 18.0. The molecule has 1 aliphatic heterocycles. The molecule has 3 heterocycles. The Balaban J connectivity index is 1.96. The summed E-state index contributed by atoms with van der Waals surface area (Å²) in [5.74, 6) is -0.254. The maximum atomic E-state index is 11.3. The number of anilines is 1. The second kappa shape index (κ2) is 5.73. The Morgan fingerprint density at radius 3 is 2.62 bits per heavy atom. The minimum atomic E-state index is -1.00. The zero-order valence-electron chi connectivity index (χ0n) is 12.0. The van der Waals surface area contributed by atoms with Gasteiger partial charge in [0.05, 0.1) is 12.1 Å². The number of nitrogens with zero attached hydrogens (tertiary/aromatic N) is 3. The highest BCUT2D eigenvalue weighted by atomic mass is 16.4. The van der Waals surface area contributed by atoms with Gasteiger partial charge in [0.1, 0.15) is 5.82 Å². The number of carboxylic acid groups (broad SMARTS) is 1. The third kappa shape index (κ3) is 2.85. The molecule has 1 saturated heterocycles. The van der Waals surface area contributed by atoms with Gasteiger partial charge in [-0.05, 0) is 38.1 Å². The van der Waals surface area contributed by atoms with Crippen LogP contribution in [0.25, 0.3) is 5.52 Å². The van der Waals surface area contributed by atoms with Crippen LogP contribution in [0.5, 0.6) is 0 Å². The topological polar surface area (TPSA) is 83.9 Å². The lowest BCUT2D eigenvalue weighted by Crippen LogP contribution is -2.25. The number of imidazole rings is 1. The third-order valence-corrected chi connectivity index (χ3v) is 4.00. The van der Waals surface area contributed by atoms with E-state index in [1.807, 2.05) is 4.40 Å². The van der Waals surface area contributed by atoms with Crippen molar-refractivity contribution in [1.29, 1.82) is 0 Å². The highest BCUT2D eigenvalue weighted by molar-refractivity contribution is 5.93. The zero-order valence-corrected chi connectivity index (χ0v) is 12.0. The monoisotopic (exact) mass is 288 g/mol. The number of likely N-dealkylation sites (tertiary alicyclic amines) is 1. The molecule has 0 bridgehead atoms. The number of aromatic nitrogens is 2. The largest absolute Gasteiger partial charge is 0.476 e. The van der Waals surface area contributed by atoms with E-state index in [4.69, 9.17) is 5.73 Å². The molecule has 1 aliphatic rings. The summed E-state index contributed by atoms with van der Waals surface area (Å²) >= 11 is 0. The van der Waals surface area contributed by atoms with Crippen LogP contribution in [0.2, 0.25) is 0 Å². The minimum Gasteiger partial charge on any atom is -0.476 e. The summed E-state index contributed by atoms with van der Waals surface area (Å²) in [6, 6.07) is 3.43. The molecule has 0 atom stereocenters. The molecule has 0 unspecified atom stereocenters. The highest BCUT2D eigenvalue weighted by Crippen LogP contribution is 2.19. The third-order valence-electron chi connectivity index (χ3n) is 4.00. The predicted molar refractivity (Wildman–Crippen MR) is 80.3 cm³/mol. The number of hydrogen-bond acceptors (Lipinski definition) is 4. The number of carbonyl (C=O) groups is 1. The maximum absolute atomic E-state index is 11.3. The van der Waals surface area contributed by atoms with Gasteiger partial charge in [-0.15, -0.1) is 0 Å². The van der Waals surface area contributed by atoms with Crippen LogP contribution in [0.4, 0.5) is 5.69 Å². The van der Waals surface area contributed by atoms with Crippen molar-refractivity contribution in [3.63, 3.8) is 0 Å². The van der Waals surface area contributed by atoms with E-state index in [0.29, 0.717) is 17.7 Å². The molecule has 3 N–H and O–H groups in total. The van der Waals surface area contributed by atoms with Gasteiger partial charge in [0, 0.05) is 11.9 Å². The number of nitrogen functional groups attached to an aromatic ring is 1. The van der Waals surface area contributed by atoms with Crippen molar-refractivity contribution in [1.82, 2.24) is 14.3 Å². The molecule has 21 heavy (non-hydrogen) atoms. The van der Waals surface area contributed by atoms with Crippen LogP contribution in [0.15, 0.2) is 18.3 Å². The van der Waals surface area contributed by atoms with E-state index < -0.39 is 5.97 Å². The Kier molecular flexibility index (Phi) is 3.79. The number of carboxylic acids is 1. The Hall–Kier alpha value is -2.08. The summed E-state index contributed by atoms with van der Waals surface area (Å²) in [6.07, 6.45) is 6.68. The lowest BCUT2D eigenvalue weighted by Gasteiger charge is -2.18. The van der Waals surface area contributed by atoms with Crippen molar-refractivity contribution in [3.8, 4) is 0 Å². The number of aromatic carboxylic acids is 1. The normalized spacial score (nSPS) is 17.0. The summed E-state index contributed by atoms with van der Waals surface area (Å²) in [5, 5.41) is 9.30. The van der Waals surface area contributed by atoms with Crippen molar-refractivity contribution < 1.29 is 9.90 Å². The summed E-state index contributed by atoms with van der Waals surface area (Å²) in [7, 11) is 0. The van der Waals surface area contributed by atoms with Gasteiger partial charge in [-0.1, -0.05) is 12.8 Å². The SMILES string of the molecule is Nc1ccc2c(C(=O)O)nc(CN3CCCCCC3)n2c1. The second-order valence-electron chi connectivity index (χ2n) is 5.59. The zero-order chi connectivity index (χ0) is 14.8. The quantitative estimate of drug-likeness (QED) is 0.902. The van der Waals surface area contributed by atoms with Crippen LogP contribution in [0, 0.1) is 0 Å². The van der Waals surface area contributed by atoms with Gasteiger partial charge in [-0.3, -0.25) is 9.30 Å². The molecule has 0 spiro atoms. The first-order chi connectivity index (χ1) is 10.1. The first-order valence-corrected chi connectivity index (χ1v) is 7.37. The van der Waals surface area contributed by atoms with Gasteiger partial charge in [0.15, 0.2) is 5.69 Å². The lowest BCUT2D eigenvalue weighted by molar-refractivity contribution is 0.0693. The molecule has 112 valence electrons. The van der Waals surface area contributed by atoms with Gasteiger partial charge in [-0.25, -0.2) is 9.78 Å². The van der Waals surface area contributed by atoms with Crippen molar-refractivity contribution in [2.75, 3.05) is 18.8 Å². The molecular formula is C15H20N4O2. The minimum absolute atomic E-state index is 0.0971. The fourth-order valence-electron chi connectivity index (χ4n) is 2.93. The van der Waals surface area contributed by atoms with Gasteiger partial charge < -0.3 is 10.8 Å². The van der Waals surface area contributed by atoms with Crippen LogP contribution in [-0.4, -0.2) is 38.4 Å². The van der Waals surface area contributed by atoms with Gasteiger partial charge >= 0.3 is 5.97 Å². The molecular weight excluding hydrogens is 268 g/mol. The fraction of sp³-hybridized carbons (Fsp3) is 0.467. The predicted octanol–water partition coefficient (Wildman–Crippen LogP) is 1.99. The first kappa shape index (κ1) is 13.9. The number of fused-ring (bicyclic) bond motifs is 1. The molecule has 6 heteroatoms. The molecule has 0 aliphatic carbocycles. The van der Waals surface area contributed by atoms with Crippen LogP contribution in [-0.2, 0) is 6.54 Å².